The minimum atomic E-state index is -3.82. The van der Waals surface area contributed by atoms with Crippen LogP contribution in [-0.2, 0) is 10.0 Å². The van der Waals surface area contributed by atoms with Crippen LogP contribution in [0.3, 0.4) is 0 Å². The van der Waals surface area contributed by atoms with E-state index in [2.05, 4.69) is 25.2 Å². The number of hydrazone groups is 1. The fraction of sp³-hybridized carbons (Fsp3) is 0.150. The first kappa shape index (κ1) is 21.1. The van der Waals surface area contributed by atoms with Crippen molar-refractivity contribution in [2.75, 3.05) is 17.3 Å². The maximum absolute atomic E-state index is 12.5. The first-order chi connectivity index (χ1) is 14.3. The smallest absolute Gasteiger partial charge is 0.264 e. The fourth-order valence-corrected chi connectivity index (χ4v) is 3.46. The van der Waals surface area contributed by atoms with Gasteiger partial charge in [0.25, 0.3) is 10.0 Å². The zero-order valence-corrected chi connectivity index (χ0v) is 17.4. The van der Waals surface area contributed by atoms with E-state index in [1.165, 1.54) is 31.5 Å². The lowest BCUT2D eigenvalue weighted by atomic mass is 10.2. The summed E-state index contributed by atoms with van der Waals surface area (Å²) in [6.07, 6.45) is 1.51. The molecule has 0 radical (unpaired) electrons. The summed E-state index contributed by atoms with van der Waals surface area (Å²) in [5, 5.41) is 13.7. The maximum atomic E-state index is 12.5. The summed E-state index contributed by atoms with van der Waals surface area (Å²) < 4.78 is 32.5. The minimum Gasteiger partial charge on any atom is -0.504 e. The van der Waals surface area contributed by atoms with E-state index in [4.69, 9.17) is 4.74 Å². The van der Waals surface area contributed by atoms with Crippen LogP contribution in [0.4, 0.5) is 11.8 Å². The van der Waals surface area contributed by atoms with Gasteiger partial charge in [-0.05, 0) is 49.7 Å². The topological polar surface area (TPSA) is 126 Å². The number of rotatable bonds is 7. The van der Waals surface area contributed by atoms with E-state index in [9.17, 15) is 13.5 Å². The second-order valence-electron chi connectivity index (χ2n) is 6.44. The summed E-state index contributed by atoms with van der Waals surface area (Å²) in [7, 11) is -2.36. The molecule has 3 aromatic rings. The third-order valence-electron chi connectivity index (χ3n) is 4.01. The molecule has 0 bridgehead atoms. The first-order valence-electron chi connectivity index (χ1n) is 8.88. The average Bonchev–Trinajstić information content (AvgIpc) is 2.69. The van der Waals surface area contributed by atoms with E-state index in [1.807, 2.05) is 6.92 Å². The van der Waals surface area contributed by atoms with Gasteiger partial charge in [-0.2, -0.15) is 10.1 Å². The van der Waals surface area contributed by atoms with Crippen molar-refractivity contribution in [1.29, 1.82) is 0 Å². The van der Waals surface area contributed by atoms with Gasteiger partial charge in [-0.25, -0.2) is 18.1 Å². The van der Waals surface area contributed by atoms with Gasteiger partial charge in [0.15, 0.2) is 17.3 Å². The number of nitrogens with zero attached hydrogens (tertiary/aromatic N) is 3. The number of methoxy groups -OCH3 is 1. The Morgan fingerprint density at radius 3 is 2.50 bits per heavy atom. The number of benzene rings is 2. The molecule has 0 fully saturated rings. The number of phenols is 1. The summed E-state index contributed by atoms with van der Waals surface area (Å²) >= 11 is 0. The molecule has 156 valence electrons. The van der Waals surface area contributed by atoms with Crippen LogP contribution in [0, 0.1) is 13.8 Å². The molecule has 0 aliphatic carbocycles. The number of aromatic hydroxyl groups is 1. The van der Waals surface area contributed by atoms with Crippen LogP contribution in [0.25, 0.3) is 0 Å². The molecule has 0 aliphatic rings. The number of hydrogen-bond acceptors (Lipinski definition) is 8. The van der Waals surface area contributed by atoms with E-state index in [0.717, 1.165) is 5.56 Å². The normalized spacial score (nSPS) is 11.4. The summed E-state index contributed by atoms with van der Waals surface area (Å²) in [6, 6.07) is 12.9. The Morgan fingerprint density at radius 2 is 1.80 bits per heavy atom. The lowest BCUT2D eigenvalue weighted by Gasteiger charge is -2.09. The summed E-state index contributed by atoms with van der Waals surface area (Å²) in [5.41, 5.74) is 4.93. The zero-order chi connectivity index (χ0) is 21.7. The summed E-state index contributed by atoms with van der Waals surface area (Å²) in [6.45, 7) is 3.59. The van der Waals surface area contributed by atoms with Gasteiger partial charge in [-0.15, -0.1) is 0 Å². The maximum Gasteiger partial charge on any atom is 0.264 e. The van der Waals surface area contributed by atoms with Gasteiger partial charge in [-0.3, -0.25) is 5.43 Å². The van der Waals surface area contributed by atoms with Crippen molar-refractivity contribution in [3.8, 4) is 11.5 Å². The van der Waals surface area contributed by atoms with Crippen molar-refractivity contribution in [3.63, 3.8) is 0 Å². The molecule has 0 aliphatic heterocycles. The van der Waals surface area contributed by atoms with Gasteiger partial charge in [0.1, 0.15) is 0 Å². The van der Waals surface area contributed by atoms with Gasteiger partial charge in [0, 0.05) is 11.8 Å². The van der Waals surface area contributed by atoms with Crippen LogP contribution >= 0.6 is 0 Å². The fourth-order valence-electron chi connectivity index (χ4n) is 2.52. The monoisotopic (exact) mass is 427 g/mol. The van der Waals surface area contributed by atoms with Gasteiger partial charge in [-0.1, -0.05) is 17.7 Å². The van der Waals surface area contributed by atoms with Crippen molar-refractivity contribution in [1.82, 2.24) is 9.97 Å². The second-order valence-corrected chi connectivity index (χ2v) is 8.12. The summed E-state index contributed by atoms with van der Waals surface area (Å²) in [5.74, 6) is 0.592. The van der Waals surface area contributed by atoms with Crippen LogP contribution in [0.2, 0.25) is 0 Å². The van der Waals surface area contributed by atoms with Crippen LogP contribution in [0.15, 0.2) is 58.5 Å². The van der Waals surface area contributed by atoms with E-state index in [-0.39, 0.29) is 16.6 Å². The molecule has 9 nitrogen and oxygen atoms in total. The highest BCUT2D eigenvalue weighted by Gasteiger charge is 2.16. The number of aromatic nitrogens is 2. The Bertz CT molecular complexity index is 1180. The third kappa shape index (κ3) is 5.23. The van der Waals surface area contributed by atoms with E-state index in [1.54, 1.807) is 37.3 Å². The second kappa shape index (κ2) is 8.78. The SMILES string of the molecule is COc1cc(/C=N\Nc2cc(C)nc(NS(=O)(=O)c3ccc(C)cc3)n2)ccc1O. The highest BCUT2D eigenvalue weighted by molar-refractivity contribution is 7.92. The third-order valence-corrected chi connectivity index (χ3v) is 5.35. The number of phenolic OH excluding ortho intramolecular Hbond substituents is 1. The Hall–Kier alpha value is -3.66. The van der Waals surface area contributed by atoms with Crippen molar-refractivity contribution in [2.24, 2.45) is 5.10 Å². The van der Waals surface area contributed by atoms with Gasteiger partial charge in [0.2, 0.25) is 5.95 Å². The Morgan fingerprint density at radius 1 is 1.07 bits per heavy atom. The highest BCUT2D eigenvalue weighted by atomic mass is 32.2. The molecular weight excluding hydrogens is 406 g/mol. The molecular formula is C20H21N5O4S. The molecule has 10 heteroatoms. The molecule has 0 saturated heterocycles. The molecule has 3 N–H and O–H groups in total. The molecule has 0 amide bonds. The first-order valence-corrected chi connectivity index (χ1v) is 10.4. The van der Waals surface area contributed by atoms with Crippen LogP contribution in [-0.4, -0.2) is 36.8 Å². The molecule has 30 heavy (non-hydrogen) atoms. The standard InChI is InChI=1S/C20H21N5O4S/c1-13-4-7-16(8-5-13)30(27,28)25-20-22-14(2)10-19(23-20)24-21-12-15-6-9-17(26)18(11-15)29-3/h4-12,26H,1-3H3,(H2,22,23,24,25)/b21-12-. The van der Waals surface area contributed by atoms with Crippen LogP contribution in [0.1, 0.15) is 16.8 Å². The van der Waals surface area contributed by atoms with Crippen molar-refractivity contribution >= 4 is 28.0 Å². The van der Waals surface area contributed by atoms with Gasteiger partial charge >= 0.3 is 0 Å². The lowest BCUT2D eigenvalue weighted by Crippen LogP contribution is -2.15. The molecule has 0 unspecified atom stereocenters. The van der Waals surface area contributed by atoms with Crippen molar-refractivity contribution in [3.05, 3.63) is 65.4 Å². The molecule has 3 rings (SSSR count). The number of anilines is 2. The van der Waals surface area contributed by atoms with Crippen molar-refractivity contribution < 1.29 is 18.3 Å². The van der Waals surface area contributed by atoms with Crippen LogP contribution < -0.4 is 14.9 Å². The predicted molar refractivity (Wildman–Crippen MR) is 115 cm³/mol. The lowest BCUT2D eigenvalue weighted by molar-refractivity contribution is 0.373. The van der Waals surface area contributed by atoms with Gasteiger partial charge < -0.3 is 9.84 Å². The number of ether oxygens (including phenoxy) is 1. The molecule has 1 heterocycles. The van der Waals surface area contributed by atoms with Gasteiger partial charge in [0.05, 0.1) is 18.2 Å². The van der Waals surface area contributed by atoms with Crippen molar-refractivity contribution in [2.45, 2.75) is 18.7 Å². The molecule has 2 aromatic carbocycles. The Kier molecular flexibility index (Phi) is 6.17. The Balaban J connectivity index is 1.76. The van der Waals surface area contributed by atoms with E-state index in [0.29, 0.717) is 22.8 Å². The number of aryl methyl sites for hydroxylation is 2. The Labute approximate surface area is 174 Å². The van der Waals surface area contributed by atoms with E-state index < -0.39 is 10.0 Å². The highest BCUT2D eigenvalue weighted by Crippen LogP contribution is 2.25. The number of sulfonamides is 1. The molecule has 0 saturated carbocycles. The average molecular weight is 427 g/mol. The number of hydrogen-bond donors (Lipinski definition) is 3. The minimum absolute atomic E-state index is 0.0273. The quantitative estimate of drug-likeness (QED) is 0.391. The zero-order valence-electron chi connectivity index (χ0n) is 16.6. The molecule has 0 spiro atoms. The van der Waals surface area contributed by atoms with E-state index >= 15 is 0 Å². The summed E-state index contributed by atoms with van der Waals surface area (Å²) in [4.78, 5) is 8.39. The van der Waals surface area contributed by atoms with Crippen LogP contribution in [0.5, 0.6) is 11.5 Å². The largest absolute Gasteiger partial charge is 0.504 e. The molecule has 0 atom stereocenters. The predicted octanol–water partition coefficient (Wildman–Crippen LogP) is 3.05. The number of nitrogens with one attached hydrogen (secondary N) is 2. The molecule has 1 aromatic heterocycles.